The number of nitrogens with zero attached hydrogens (tertiary/aromatic N) is 1. The molecule has 0 aliphatic carbocycles. The van der Waals surface area contributed by atoms with Crippen molar-refractivity contribution in [2.45, 2.75) is 25.4 Å². The zero-order valence-corrected chi connectivity index (χ0v) is 15.5. The predicted molar refractivity (Wildman–Crippen MR) is 101 cm³/mol. The molecule has 3 rings (SSSR count). The molecule has 7 heteroatoms. The summed E-state index contributed by atoms with van der Waals surface area (Å²) in [6.45, 7) is 3.15. The molecule has 1 fully saturated rings. The van der Waals surface area contributed by atoms with E-state index >= 15 is 0 Å². The Morgan fingerprint density at radius 3 is 2.83 bits per heavy atom. The minimum atomic E-state index is 0. The summed E-state index contributed by atoms with van der Waals surface area (Å²) in [7, 11) is 1.69. The van der Waals surface area contributed by atoms with Crippen molar-refractivity contribution in [2.24, 2.45) is 0 Å². The summed E-state index contributed by atoms with van der Waals surface area (Å²) in [6, 6.07) is 8.70. The van der Waals surface area contributed by atoms with Crippen LogP contribution in [0.3, 0.4) is 0 Å². The van der Waals surface area contributed by atoms with E-state index in [0.717, 1.165) is 36.0 Å². The summed E-state index contributed by atoms with van der Waals surface area (Å²) < 4.78 is 5.27. The Balaban J connectivity index is 0.00000132. The minimum absolute atomic E-state index is 0. The summed E-state index contributed by atoms with van der Waals surface area (Å²) in [5.41, 5.74) is 1.12. The zero-order valence-electron chi connectivity index (χ0n) is 13.1. The number of halogens is 2. The zero-order chi connectivity index (χ0) is 14.5. The molecular weight excluding hydrogens is 353 g/mol. The fourth-order valence-electron chi connectivity index (χ4n) is 2.55. The van der Waals surface area contributed by atoms with Gasteiger partial charge in [0.2, 0.25) is 0 Å². The lowest BCUT2D eigenvalue weighted by Gasteiger charge is -2.23. The van der Waals surface area contributed by atoms with Crippen molar-refractivity contribution in [2.75, 3.05) is 20.2 Å². The van der Waals surface area contributed by atoms with Gasteiger partial charge in [-0.15, -0.1) is 36.2 Å². The van der Waals surface area contributed by atoms with Gasteiger partial charge in [-0.25, -0.2) is 4.98 Å². The Labute approximate surface area is 153 Å². The largest absolute Gasteiger partial charge is 0.497 e. The Bertz CT molecular complexity index is 588. The molecule has 1 aliphatic rings. The summed E-state index contributed by atoms with van der Waals surface area (Å²) in [6.07, 6.45) is 4.40. The van der Waals surface area contributed by atoms with E-state index in [-0.39, 0.29) is 24.8 Å². The van der Waals surface area contributed by atoms with Gasteiger partial charge in [-0.1, -0.05) is 12.1 Å². The van der Waals surface area contributed by atoms with E-state index in [2.05, 4.69) is 21.7 Å². The number of ether oxygens (including phenoxy) is 1. The molecule has 2 aromatic rings. The van der Waals surface area contributed by atoms with Gasteiger partial charge in [-0.05, 0) is 38.1 Å². The third kappa shape index (κ3) is 5.62. The Morgan fingerprint density at radius 2 is 2.09 bits per heavy atom. The Kier molecular flexibility index (Phi) is 8.87. The second-order valence-corrected chi connectivity index (χ2v) is 6.38. The molecule has 0 spiro atoms. The summed E-state index contributed by atoms with van der Waals surface area (Å²) in [4.78, 5) is 5.82. The van der Waals surface area contributed by atoms with Crippen molar-refractivity contribution in [3.8, 4) is 16.3 Å². The second kappa shape index (κ2) is 10.1. The maximum absolute atomic E-state index is 5.27. The number of methoxy groups -OCH3 is 1. The van der Waals surface area contributed by atoms with E-state index in [1.165, 1.54) is 17.7 Å². The molecule has 0 radical (unpaired) electrons. The Hall–Kier alpha value is -0.850. The summed E-state index contributed by atoms with van der Waals surface area (Å²) >= 11 is 1.75. The maximum Gasteiger partial charge on any atom is 0.123 e. The number of hydrogen-bond acceptors (Lipinski definition) is 5. The van der Waals surface area contributed by atoms with Crippen molar-refractivity contribution in [3.05, 3.63) is 35.3 Å². The normalized spacial score (nSPS) is 14.7. The molecule has 128 valence electrons. The topological polar surface area (TPSA) is 46.2 Å². The van der Waals surface area contributed by atoms with Crippen LogP contribution < -0.4 is 15.4 Å². The molecule has 2 N–H and O–H groups in total. The van der Waals surface area contributed by atoms with Gasteiger partial charge in [0.25, 0.3) is 0 Å². The molecule has 0 bridgehead atoms. The number of benzene rings is 1. The molecule has 0 unspecified atom stereocenters. The number of thiazole rings is 1. The van der Waals surface area contributed by atoms with Crippen molar-refractivity contribution in [3.63, 3.8) is 0 Å². The van der Waals surface area contributed by atoms with Gasteiger partial charge >= 0.3 is 0 Å². The molecule has 1 aliphatic heterocycles. The first-order valence-electron chi connectivity index (χ1n) is 7.38. The van der Waals surface area contributed by atoms with Crippen LogP contribution in [0.1, 0.15) is 17.7 Å². The summed E-state index contributed by atoms with van der Waals surface area (Å²) in [5.74, 6) is 0.872. The fraction of sp³-hybridized carbons (Fsp3) is 0.438. The highest BCUT2D eigenvalue weighted by molar-refractivity contribution is 7.15. The highest BCUT2D eigenvalue weighted by Gasteiger charge is 2.13. The van der Waals surface area contributed by atoms with Crippen LogP contribution >= 0.6 is 36.2 Å². The maximum atomic E-state index is 5.27. The third-order valence-electron chi connectivity index (χ3n) is 3.77. The number of piperidine rings is 1. The lowest BCUT2D eigenvalue weighted by atomic mass is 10.1. The standard InChI is InChI=1S/C16H21N3OS.2ClH/c1-20-14-4-2-3-12(9-14)16-19-11-15(21-16)10-18-13-5-7-17-8-6-13;;/h2-4,9,11,13,17-18H,5-8,10H2,1H3;2*1H. The molecule has 1 saturated heterocycles. The molecule has 23 heavy (non-hydrogen) atoms. The van der Waals surface area contributed by atoms with Gasteiger partial charge in [0, 0.05) is 29.2 Å². The molecular formula is C16H23Cl2N3OS. The molecule has 0 atom stereocenters. The minimum Gasteiger partial charge on any atom is -0.497 e. The van der Waals surface area contributed by atoms with Crippen molar-refractivity contribution in [1.82, 2.24) is 15.6 Å². The van der Waals surface area contributed by atoms with Gasteiger partial charge in [-0.2, -0.15) is 0 Å². The van der Waals surface area contributed by atoms with Gasteiger partial charge in [0.15, 0.2) is 0 Å². The van der Waals surface area contributed by atoms with Gasteiger partial charge in [0.1, 0.15) is 10.8 Å². The van der Waals surface area contributed by atoms with Crippen LogP contribution in [0.2, 0.25) is 0 Å². The van der Waals surface area contributed by atoms with Gasteiger partial charge < -0.3 is 15.4 Å². The number of nitrogens with one attached hydrogen (secondary N) is 2. The van der Waals surface area contributed by atoms with E-state index in [4.69, 9.17) is 4.74 Å². The molecule has 4 nitrogen and oxygen atoms in total. The van der Waals surface area contributed by atoms with E-state index in [1.807, 2.05) is 24.4 Å². The molecule has 1 aromatic heterocycles. The van der Waals surface area contributed by atoms with Crippen LogP contribution in [-0.4, -0.2) is 31.2 Å². The molecule has 1 aromatic carbocycles. The van der Waals surface area contributed by atoms with E-state index in [0.29, 0.717) is 6.04 Å². The van der Waals surface area contributed by atoms with Crippen molar-refractivity contribution in [1.29, 1.82) is 0 Å². The van der Waals surface area contributed by atoms with Crippen molar-refractivity contribution < 1.29 is 4.74 Å². The van der Waals surface area contributed by atoms with Crippen LogP contribution in [0.4, 0.5) is 0 Å². The lowest BCUT2D eigenvalue weighted by molar-refractivity contribution is 0.387. The molecule has 0 amide bonds. The quantitative estimate of drug-likeness (QED) is 0.839. The highest BCUT2D eigenvalue weighted by Crippen LogP contribution is 2.27. The number of aromatic nitrogens is 1. The molecule has 2 heterocycles. The summed E-state index contributed by atoms with van der Waals surface area (Å²) in [5, 5.41) is 8.07. The van der Waals surface area contributed by atoms with Crippen LogP contribution in [0.15, 0.2) is 30.5 Å². The van der Waals surface area contributed by atoms with Crippen LogP contribution in [0.25, 0.3) is 10.6 Å². The fourth-order valence-corrected chi connectivity index (χ4v) is 3.41. The van der Waals surface area contributed by atoms with Gasteiger partial charge in [0.05, 0.1) is 7.11 Å². The monoisotopic (exact) mass is 375 g/mol. The van der Waals surface area contributed by atoms with Crippen LogP contribution in [-0.2, 0) is 6.54 Å². The average molecular weight is 376 g/mol. The van der Waals surface area contributed by atoms with E-state index < -0.39 is 0 Å². The second-order valence-electron chi connectivity index (χ2n) is 5.27. The van der Waals surface area contributed by atoms with Gasteiger partial charge in [-0.3, -0.25) is 0 Å². The molecule has 0 saturated carbocycles. The first-order valence-corrected chi connectivity index (χ1v) is 8.20. The SMILES string of the molecule is COc1cccc(-c2ncc(CNC3CCNCC3)s2)c1.Cl.Cl. The van der Waals surface area contributed by atoms with Crippen LogP contribution in [0, 0.1) is 0 Å². The van der Waals surface area contributed by atoms with E-state index in [9.17, 15) is 0 Å². The predicted octanol–water partition coefficient (Wildman–Crippen LogP) is 3.50. The van der Waals surface area contributed by atoms with Crippen LogP contribution in [0.5, 0.6) is 5.75 Å². The van der Waals surface area contributed by atoms with Crippen molar-refractivity contribution >= 4 is 36.2 Å². The Morgan fingerprint density at radius 1 is 1.30 bits per heavy atom. The first-order chi connectivity index (χ1) is 10.3. The smallest absolute Gasteiger partial charge is 0.123 e. The highest BCUT2D eigenvalue weighted by atomic mass is 35.5. The third-order valence-corrected chi connectivity index (χ3v) is 4.82. The first kappa shape index (κ1) is 20.2. The lowest BCUT2D eigenvalue weighted by Crippen LogP contribution is -2.39. The number of hydrogen-bond donors (Lipinski definition) is 2. The number of rotatable bonds is 5. The average Bonchev–Trinajstić information content (AvgIpc) is 3.03. The van der Waals surface area contributed by atoms with E-state index in [1.54, 1.807) is 18.4 Å².